The van der Waals surface area contributed by atoms with E-state index in [9.17, 15) is 9.59 Å². The first-order chi connectivity index (χ1) is 13.4. The Kier molecular flexibility index (Phi) is 8.37. The third-order valence-corrected chi connectivity index (χ3v) is 4.00. The van der Waals surface area contributed by atoms with Gasteiger partial charge in [-0.15, -0.1) is 0 Å². The van der Waals surface area contributed by atoms with Crippen LogP contribution in [0.25, 0.3) is 0 Å². The predicted octanol–water partition coefficient (Wildman–Crippen LogP) is 4.96. The molecule has 0 aromatic heterocycles. The first kappa shape index (κ1) is 21.3. The van der Waals surface area contributed by atoms with E-state index in [1.165, 1.54) is 0 Å². The molecule has 2 aromatic rings. The second-order valence-electron chi connectivity index (χ2n) is 6.12. The Morgan fingerprint density at radius 3 is 2.39 bits per heavy atom. The highest BCUT2D eigenvalue weighted by molar-refractivity contribution is 6.30. The van der Waals surface area contributed by atoms with Gasteiger partial charge in [0, 0.05) is 11.6 Å². The zero-order valence-corrected chi connectivity index (χ0v) is 16.4. The lowest BCUT2D eigenvalue weighted by Gasteiger charge is -2.19. The molecule has 0 spiro atoms. The summed E-state index contributed by atoms with van der Waals surface area (Å²) in [5.41, 5.74) is 1.74. The van der Waals surface area contributed by atoms with Crippen molar-refractivity contribution < 1.29 is 19.1 Å². The second kappa shape index (κ2) is 11.0. The van der Waals surface area contributed by atoms with E-state index in [-0.39, 0.29) is 18.4 Å². The molecular formula is C21H23ClN2O4. The number of allylic oxidation sites excluding steroid dienone is 1. The number of rotatable bonds is 8. The molecule has 1 unspecified atom stereocenters. The molecular weight excluding hydrogens is 380 g/mol. The van der Waals surface area contributed by atoms with Crippen molar-refractivity contribution in [2.75, 3.05) is 6.54 Å². The molecule has 2 amide bonds. The Hall–Kier alpha value is -2.99. The Labute approximate surface area is 169 Å². The van der Waals surface area contributed by atoms with Crippen LogP contribution in [0.5, 0.6) is 0 Å². The van der Waals surface area contributed by atoms with Crippen LogP contribution in [0, 0.1) is 0 Å². The van der Waals surface area contributed by atoms with E-state index in [0.717, 1.165) is 11.1 Å². The van der Waals surface area contributed by atoms with Crippen LogP contribution in [-0.2, 0) is 16.1 Å². The van der Waals surface area contributed by atoms with Crippen molar-refractivity contribution in [1.82, 2.24) is 10.6 Å². The van der Waals surface area contributed by atoms with Crippen molar-refractivity contribution in [3.05, 3.63) is 83.1 Å². The van der Waals surface area contributed by atoms with Crippen molar-refractivity contribution in [2.24, 2.45) is 0 Å². The van der Waals surface area contributed by atoms with Crippen LogP contribution in [0.15, 0.2) is 66.9 Å². The van der Waals surface area contributed by atoms with Gasteiger partial charge in [-0.05, 0) is 36.6 Å². The minimum absolute atomic E-state index is 0.191. The number of benzene rings is 2. The molecule has 0 bridgehead atoms. The highest BCUT2D eigenvalue weighted by Gasteiger charge is 2.16. The lowest BCUT2D eigenvalue weighted by Crippen LogP contribution is -2.33. The molecule has 0 aliphatic heterocycles. The van der Waals surface area contributed by atoms with Gasteiger partial charge in [0.25, 0.3) is 0 Å². The average molecular weight is 403 g/mol. The summed E-state index contributed by atoms with van der Waals surface area (Å²) in [4.78, 5) is 23.8. The van der Waals surface area contributed by atoms with Gasteiger partial charge in [-0.3, -0.25) is 0 Å². The van der Waals surface area contributed by atoms with E-state index in [4.69, 9.17) is 21.1 Å². The maximum Gasteiger partial charge on any atom is 0.412 e. The second-order valence-corrected chi connectivity index (χ2v) is 6.55. The third kappa shape index (κ3) is 7.72. The number of nitrogens with one attached hydrogen (secondary N) is 2. The molecule has 0 saturated carbocycles. The SMILES string of the molecule is C=C(C)OC(=O)NC(CCNC(=O)OCc1ccccc1)c1ccc(Cl)cc1. The molecule has 148 valence electrons. The molecule has 0 saturated heterocycles. The lowest BCUT2D eigenvalue weighted by atomic mass is 10.0. The summed E-state index contributed by atoms with van der Waals surface area (Å²) in [6.45, 7) is 5.62. The first-order valence-electron chi connectivity index (χ1n) is 8.78. The fraction of sp³-hybridized carbons (Fsp3) is 0.238. The summed E-state index contributed by atoms with van der Waals surface area (Å²) in [6.07, 6.45) is -0.699. The summed E-state index contributed by atoms with van der Waals surface area (Å²) in [5.74, 6) is 0.287. The van der Waals surface area contributed by atoms with Gasteiger partial charge in [-0.1, -0.05) is 60.6 Å². The molecule has 0 aliphatic rings. The molecule has 2 N–H and O–H groups in total. The summed E-state index contributed by atoms with van der Waals surface area (Å²) in [7, 11) is 0. The van der Waals surface area contributed by atoms with Crippen molar-refractivity contribution in [3.8, 4) is 0 Å². The van der Waals surface area contributed by atoms with Gasteiger partial charge < -0.3 is 20.1 Å². The van der Waals surface area contributed by atoms with Crippen LogP contribution < -0.4 is 10.6 Å². The summed E-state index contributed by atoms with van der Waals surface area (Å²) in [5, 5.41) is 6.03. The van der Waals surface area contributed by atoms with Crippen LogP contribution in [0.2, 0.25) is 5.02 Å². The van der Waals surface area contributed by atoms with E-state index < -0.39 is 12.2 Å². The molecule has 0 radical (unpaired) electrons. The minimum atomic E-state index is -0.612. The van der Waals surface area contributed by atoms with E-state index in [2.05, 4.69) is 17.2 Å². The van der Waals surface area contributed by atoms with Crippen LogP contribution in [0.4, 0.5) is 9.59 Å². The minimum Gasteiger partial charge on any atom is -0.445 e. The number of halogens is 1. The molecule has 6 nitrogen and oxygen atoms in total. The molecule has 0 aliphatic carbocycles. The molecule has 1 atom stereocenters. The van der Waals surface area contributed by atoms with E-state index in [0.29, 0.717) is 18.0 Å². The Morgan fingerprint density at radius 2 is 1.75 bits per heavy atom. The molecule has 7 heteroatoms. The van der Waals surface area contributed by atoms with Crippen molar-refractivity contribution in [2.45, 2.75) is 26.0 Å². The van der Waals surface area contributed by atoms with Gasteiger partial charge in [-0.2, -0.15) is 0 Å². The monoisotopic (exact) mass is 402 g/mol. The van der Waals surface area contributed by atoms with Gasteiger partial charge >= 0.3 is 12.2 Å². The maximum absolute atomic E-state index is 11.9. The van der Waals surface area contributed by atoms with Gasteiger partial charge in [0.1, 0.15) is 6.61 Å². The Morgan fingerprint density at radius 1 is 1.07 bits per heavy atom. The highest BCUT2D eigenvalue weighted by atomic mass is 35.5. The Bertz CT molecular complexity index is 794. The molecule has 0 heterocycles. The van der Waals surface area contributed by atoms with E-state index in [1.54, 1.807) is 19.1 Å². The molecule has 2 aromatic carbocycles. The number of carbonyl (C=O) groups excluding carboxylic acids is 2. The Balaban J connectivity index is 1.86. The van der Waals surface area contributed by atoms with Crippen molar-refractivity contribution in [1.29, 1.82) is 0 Å². The number of hydrogen-bond acceptors (Lipinski definition) is 4. The fourth-order valence-electron chi connectivity index (χ4n) is 2.44. The van der Waals surface area contributed by atoms with Gasteiger partial charge in [0.05, 0.1) is 11.8 Å². The topological polar surface area (TPSA) is 76.7 Å². The average Bonchev–Trinajstić information content (AvgIpc) is 2.66. The molecule has 0 fully saturated rings. The quantitative estimate of drug-likeness (QED) is 0.612. The maximum atomic E-state index is 11.9. The third-order valence-electron chi connectivity index (χ3n) is 3.75. The van der Waals surface area contributed by atoms with E-state index >= 15 is 0 Å². The standard InChI is InChI=1S/C21H23ClN2O4/c1-15(2)28-21(26)24-19(17-8-10-18(22)11-9-17)12-13-23-20(25)27-14-16-6-4-3-5-7-16/h3-11,19H,1,12-14H2,2H3,(H,23,25)(H,24,26). The summed E-state index contributed by atoms with van der Waals surface area (Å²) >= 11 is 5.92. The number of alkyl carbamates (subject to hydrolysis) is 2. The van der Waals surface area contributed by atoms with Gasteiger partial charge in [0.2, 0.25) is 0 Å². The highest BCUT2D eigenvalue weighted by Crippen LogP contribution is 2.19. The van der Waals surface area contributed by atoms with Gasteiger partial charge in [0.15, 0.2) is 0 Å². The summed E-state index contributed by atoms with van der Waals surface area (Å²) in [6, 6.07) is 16.1. The zero-order chi connectivity index (χ0) is 20.4. The zero-order valence-electron chi connectivity index (χ0n) is 15.6. The number of amides is 2. The van der Waals surface area contributed by atoms with Crippen LogP contribution >= 0.6 is 11.6 Å². The summed E-state index contributed by atoms with van der Waals surface area (Å²) < 4.78 is 10.1. The lowest BCUT2D eigenvalue weighted by molar-refractivity contribution is 0.139. The van der Waals surface area contributed by atoms with E-state index in [1.807, 2.05) is 42.5 Å². The largest absolute Gasteiger partial charge is 0.445 e. The number of ether oxygens (including phenoxy) is 2. The number of hydrogen-bond donors (Lipinski definition) is 2. The van der Waals surface area contributed by atoms with Crippen molar-refractivity contribution >= 4 is 23.8 Å². The fourth-order valence-corrected chi connectivity index (χ4v) is 2.57. The van der Waals surface area contributed by atoms with Crippen LogP contribution in [0.1, 0.15) is 30.5 Å². The molecule has 2 rings (SSSR count). The predicted molar refractivity (Wildman–Crippen MR) is 108 cm³/mol. The van der Waals surface area contributed by atoms with Gasteiger partial charge in [-0.25, -0.2) is 9.59 Å². The van der Waals surface area contributed by atoms with Crippen LogP contribution in [-0.4, -0.2) is 18.7 Å². The smallest absolute Gasteiger partial charge is 0.412 e. The first-order valence-corrected chi connectivity index (χ1v) is 9.15. The number of carbonyl (C=O) groups is 2. The van der Waals surface area contributed by atoms with Crippen LogP contribution in [0.3, 0.4) is 0 Å². The van der Waals surface area contributed by atoms with Crippen molar-refractivity contribution in [3.63, 3.8) is 0 Å². The molecule has 28 heavy (non-hydrogen) atoms. The normalized spacial score (nSPS) is 11.2.